The smallest absolute Gasteiger partial charge is 0.0636 e. The van der Waals surface area contributed by atoms with Gasteiger partial charge in [0.1, 0.15) is 0 Å². The van der Waals surface area contributed by atoms with E-state index < -0.39 is 0 Å². The van der Waals surface area contributed by atoms with Crippen molar-refractivity contribution in [2.45, 2.75) is 102 Å². The molecule has 0 saturated heterocycles. The van der Waals surface area contributed by atoms with Gasteiger partial charge < -0.3 is 22.9 Å². The molecule has 0 aromatic carbocycles. The first-order valence-electron chi connectivity index (χ1n) is 9.60. The first-order valence-corrected chi connectivity index (χ1v) is 9.60. The quantitative estimate of drug-likeness (QED) is 0.346. The normalized spacial score (nSPS) is 16.9. The number of rotatable bonds is 11. The van der Waals surface area contributed by atoms with E-state index in [0.717, 1.165) is 25.9 Å². The molecule has 8 N–H and O–H groups in total. The van der Waals surface area contributed by atoms with Gasteiger partial charge in [-0.2, -0.15) is 0 Å². The summed E-state index contributed by atoms with van der Waals surface area (Å²) in [5.74, 6) is 0. The fourth-order valence-electron chi connectivity index (χ4n) is 2.91. The minimum Gasteiger partial charge on any atom is -0.330 e. The van der Waals surface area contributed by atoms with Crippen LogP contribution in [0.2, 0.25) is 0 Å². The van der Waals surface area contributed by atoms with Crippen LogP contribution in [0.1, 0.15) is 96.3 Å². The Bertz CT molecular complexity index is 199. The van der Waals surface area contributed by atoms with Crippen molar-refractivity contribution in [2.24, 2.45) is 22.9 Å². The molecule has 22 heavy (non-hydrogen) atoms. The average molecular weight is 315 g/mol. The molecule has 1 aliphatic carbocycles. The zero-order chi connectivity index (χ0) is 16.5. The number of hydrogen-bond acceptors (Lipinski definition) is 4. The topological polar surface area (TPSA) is 104 Å². The highest BCUT2D eigenvalue weighted by molar-refractivity contribution is 4.79. The number of unbranched alkanes of at least 4 members (excludes halogenated alkanes) is 9. The van der Waals surface area contributed by atoms with Gasteiger partial charge >= 0.3 is 0 Å². The Kier molecular flexibility index (Phi) is 15.6. The van der Waals surface area contributed by atoms with Crippen LogP contribution in [0.3, 0.4) is 0 Å². The van der Waals surface area contributed by atoms with Crippen molar-refractivity contribution in [1.29, 1.82) is 0 Å². The highest BCUT2D eigenvalue weighted by Crippen LogP contribution is 2.20. The first kappa shape index (κ1) is 21.8. The third-order valence-corrected chi connectivity index (χ3v) is 4.44. The molecule has 1 fully saturated rings. The van der Waals surface area contributed by atoms with E-state index in [-0.39, 0.29) is 5.66 Å². The maximum atomic E-state index is 5.66. The molecule has 0 radical (unpaired) electrons. The Balaban J connectivity index is 0.000000461. The van der Waals surface area contributed by atoms with E-state index in [0.29, 0.717) is 0 Å². The first-order chi connectivity index (χ1) is 10.6. The van der Waals surface area contributed by atoms with Gasteiger partial charge in [-0.05, 0) is 38.8 Å². The summed E-state index contributed by atoms with van der Waals surface area (Å²) in [5, 5.41) is 0. The van der Waals surface area contributed by atoms with Crippen molar-refractivity contribution >= 4 is 0 Å². The molecule has 134 valence electrons. The molecule has 0 unspecified atom stereocenters. The lowest BCUT2D eigenvalue weighted by atomic mass is 9.91. The minimum atomic E-state index is -0.321. The molecule has 1 saturated carbocycles. The standard InChI is InChI=1S/C12H28N2.C6H14N2/c13-11-9-7-5-3-1-2-4-6-8-10-12-14;7-6(8)4-2-1-3-5-6/h1-14H2;1-5,7-8H2. The summed E-state index contributed by atoms with van der Waals surface area (Å²) in [6, 6.07) is 0. The van der Waals surface area contributed by atoms with E-state index in [1.54, 1.807) is 0 Å². The predicted molar refractivity (Wildman–Crippen MR) is 98.5 cm³/mol. The van der Waals surface area contributed by atoms with Crippen molar-refractivity contribution in [3.05, 3.63) is 0 Å². The fourth-order valence-corrected chi connectivity index (χ4v) is 2.91. The summed E-state index contributed by atoms with van der Waals surface area (Å²) < 4.78 is 0. The van der Waals surface area contributed by atoms with Crippen molar-refractivity contribution in [1.82, 2.24) is 0 Å². The lowest BCUT2D eigenvalue weighted by molar-refractivity contribution is 0.306. The summed E-state index contributed by atoms with van der Waals surface area (Å²) in [5.41, 5.74) is 21.8. The molecule has 1 aliphatic rings. The molecular formula is C18H42N4. The van der Waals surface area contributed by atoms with Gasteiger partial charge in [-0.25, -0.2) is 0 Å². The molecule has 0 amide bonds. The second-order valence-electron chi connectivity index (χ2n) is 6.91. The molecule has 0 atom stereocenters. The van der Waals surface area contributed by atoms with E-state index in [1.165, 1.54) is 83.5 Å². The maximum Gasteiger partial charge on any atom is 0.0636 e. The summed E-state index contributed by atoms with van der Waals surface area (Å²) in [6.45, 7) is 1.72. The van der Waals surface area contributed by atoms with Gasteiger partial charge in [0.05, 0.1) is 5.66 Å². The van der Waals surface area contributed by atoms with Gasteiger partial charge in [-0.15, -0.1) is 0 Å². The Labute approximate surface area is 138 Å². The molecule has 0 bridgehead atoms. The van der Waals surface area contributed by atoms with Gasteiger partial charge in [-0.1, -0.05) is 70.6 Å². The van der Waals surface area contributed by atoms with Crippen LogP contribution in [0.15, 0.2) is 0 Å². The molecule has 0 heterocycles. The minimum absolute atomic E-state index is 0.321. The SMILES string of the molecule is NC1(N)CCCCC1.NCCCCCCCCCCCCN. The van der Waals surface area contributed by atoms with Gasteiger partial charge in [0, 0.05) is 0 Å². The van der Waals surface area contributed by atoms with Crippen molar-refractivity contribution < 1.29 is 0 Å². The summed E-state index contributed by atoms with van der Waals surface area (Å²) >= 11 is 0. The van der Waals surface area contributed by atoms with Gasteiger partial charge in [0.15, 0.2) is 0 Å². The zero-order valence-electron chi connectivity index (χ0n) is 14.8. The van der Waals surface area contributed by atoms with E-state index in [9.17, 15) is 0 Å². The molecule has 1 rings (SSSR count). The van der Waals surface area contributed by atoms with E-state index in [2.05, 4.69) is 0 Å². The molecule has 4 heteroatoms. The molecule has 4 nitrogen and oxygen atoms in total. The molecule has 0 aromatic rings. The third kappa shape index (κ3) is 16.2. The lowest BCUT2D eigenvalue weighted by Crippen LogP contribution is -2.50. The zero-order valence-corrected chi connectivity index (χ0v) is 14.8. The Morgan fingerprint density at radius 3 is 1.05 bits per heavy atom. The highest BCUT2D eigenvalue weighted by Gasteiger charge is 2.21. The van der Waals surface area contributed by atoms with Crippen LogP contribution in [0.5, 0.6) is 0 Å². The molecule has 0 spiro atoms. The largest absolute Gasteiger partial charge is 0.330 e. The highest BCUT2D eigenvalue weighted by atomic mass is 14.9. The van der Waals surface area contributed by atoms with Crippen molar-refractivity contribution in [3.8, 4) is 0 Å². The van der Waals surface area contributed by atoms with Gasteiger partial charge in [0.25, 0.3) is 0 Å². The van der Waals surface area contributed by atoms with Crippen LogP contribution in [0.25, 0.3) is 0 Å². The summed E-state index contributed by atoms with van der Waals surface area (Å²) in [6.07, 6.45) is 19.2. The van der Waals surface area contributed by atoms with Crippen molar-refractivity contribution in [3.63, 3.8) is 0 Å². The number of nitrogens with two attached hydrogens (primary N) is 4. The molecule has 0 aromatic heterocycles. The average Bonchev–Trinajstić information content (AvgIpc) is 2.50. The summed E-state index contributed by atoms with van der Waals surface area (Å²) in [4.78, 5) is 0. The molecular weight excluding hydrogens is 272 g/mol. The van der Waals surface area contributed by atoms with Crippen LogP contribution in [0.4, 0.5) is 0 Å². The fraction of sp³-hybridized carbons (Fsp3) is 1.00. The Hall–Kier alpha value is -0.160. The molecule has 0 aliphatic heterocycles. The van der Waals surface area contributed by atoms with E-state index in [1.807, 2.05) is 0 Å². The lowest BCUT2D eigenvalue weighted by Gasteiger charge is -2.28. The second-order valence-corrected chi connectivity index (χ2v) is 6.91. The van der Waals surface area contributed by atoms with Crippen LogP contribution in [0, 0.1) is 0 Å². The van der Waals surface area contributed by atoms with Crippen LogP contribution in [-0.2, 0) is 0 Å². The van der Waals surface area contributed by atoms with Crippen LogP contribution in [-0.4, -0.2) is 18.8 Å². The Morgan fingerprint density at radius 2 is 0.818 bits per heavy atom. The number of hydrogen-bond donors (Lipinski definition) is 4. The van der Waals surface area contributed by atoms with E-state index >= 15 is 0 Å². The van der Waals surface area contributed by atoms with Crippen LogP contribution < -0.4 is 22.9 Å². The van der Waals surface area contributed by atoms with E-state index in [4.69, 9.17) is 22.9 Å². The Morgan fingerprint density at radius 1 is 0.500 bits per heavy atom. The summed E-state index contributed by atoms with van der Waals surface area (Å²) in [7, 11) is 0. The second kappa shape index (κ2) is 15.7. The van der Waals surface area contributed by atoms with Gasteiger partial charge in [-0.3, -0.25) is 0 Å². The van der Waals surface area contributed by atoms with Crippen molar-refractivity contribution in [2.75, 3.05) is 13.1 Å². The monoisotopic (exact) mass is 314 g/mol. The maximum absolute atomic E-state index is 5.66. The predicted octanol–water partition coefficient (Wildman–Crippen LogP) is 3.37. The van der Waals surface area contributed by atoms with Gasteiger partial charge in [0.2, 0.25) is 0 Å². The van der Waals surface area contributed by atoms with Crippen LogP contribution >= 0.6 is 0 Å². The third-order valence-electron chi connectivity index (χ3n) is 4.44.